The number of methoxy groups -OCH3 is 2. The molecule has 0 aliphatic heterocycles. The molecular formula is C36H52N2O8S2. The van der Waals surface area contributed by atoms with Gasteiger partial charge in [-0.25, -0.2) is 9.59 Å². The Balaban J connectivity index is 2.46. The van der Waals surface area contributed by atoms with E-state index in [1.165, 1.54) is 35.8 Å². The summed E-state index contributed by atoms with van der Waals surface area (Å²) >= 11 is 0. The van der Waals surface area contributed by atoms with Crippen LogP contribution in [0.3, 0.4) is 0 Å². The Kier molecular flexibility index (Phi) is 15.2. The lowest BCUT2D eigenvalue weighted by Gasteiger charge is -2.26. The number of nitrogens with one attached hydrogen (secondary N) is 2. The van der Waals surface area contributed by atoms with E-state index in [9.17, 15) is 19.2 Å². The van der Waals surface area contributed by atoms with E-state index in [1.807, 2.05) is 27.7 Å². The first-order valence-electron chi connectivity index (χ1n) is 16.0. The third-order valence-corrected chi connectivity index (χ3v) is 9.01. The molecule has 10 nitrogen and oxygen atoms in total. The fourth-order valence-corrected chi connectivity index (χ4v) is 7.22. The second-order valence-electron chi connectivity index (χ2n) is 14.2. The predicted molar refractivity (Wildman–Crippen MR) is 191 cm³/mol. The number of hydrogen-bond acceptors (Lipinski definition) is 10. The molecule has 48 heavy (non-hydrogen) atoms. The van der Waals surface area contributed by atoms with Gasteiger partial charge >= 0.3 is 11.9 Å². The normalized spacial score (nSPS) is 13.0. The van der Waals surface area contributed by atoms with Crippen LogP contribution in [0.4, 0.5) is 0 Å². The van der Waals surface area contributed by atoms with Crippen LogP contribution < -0.4 is 20.1 Å². The van der Waals surface area contributed by atoms with Gasteiger partial charge in [0, 0.05) is 0 Å². The van der Waals surface area contributed by atoms with E-state index in [2.05, 4.69) is 10.6 Å². The van der Waals surface area contributed by atoms with Crippen LogP contribution >= 0.6 is 21.6 Å². The zero-order valence-electron chi connectivity index (χ0n) is 30.3. The van der Waals surface area contributed by atoms with E-state index in [4.69, 9.17) is 18.9 Å². The van der Waals surface area contributed by atoms with Crippen LogP contribution in [0.5, 0.6) is 11.5 Å². The van der Waals surface area contributed by atoms with Gasteiger partial charge in [-0.3, -0.25) is 9.59 Å². The van der Waals surface area contributed by atoms with Gasteiger partial charge in [0.25, 0.3) is 11.8 Å². The highest BCUT2D eigenvalue weighted by atomic mass is 33.1. The maximum Gasteiger partial charge on any atom is 0.329 e. The second-order valence-corrected chi connectivity index (χ2v) is 16.4. The molecule has 2 aromatic carbocycles. The Morgan fingerprint density at radius 2 is 0.958 bits per heavy atom. The van der Waals surface area contributed by atoms with Crippen molar-refractivity contribution in [3.05, 3.63) is 47.5 Å². The van der Waals surface area contributed by atoms with Crippen molar-refractivity contribution in [1.29, 1.82) is 0 Å². The van der Waals surface area contributed by atoms with Gasteiger partial charge in [0.1, 0.15) is 34.8 Å². The van der Waals surface area contributed by atoms with Gasteiger partial charge in [-0.15, -0.1) is 0 Å². The van der Waals surface area contributed by atoms with Gasteiger partial charge in [0.2, 0.25) is 0 Å². The Bertz CT molecular complexity index is 1320. The monoisotopic (exact) mass is 704 g/mol. The van der Waals surface area contributed by atoms with Gasteiger partial charge in [0.15, 0.2) is 0 Å². The molecule has 2 atom stereocenters. The van der Waals surface area contributed by atoms with Gasteiger partial charge < -0.3 is 29.6 Å². The Morgan fingerprint density at radius 1 is 0.625 bits per heavy atom. The smallest absolute Gasteiger partial charge is 0.329 e. The summed E-state index contributed by atoms with van der Waals surface area (Å²) in [5.41, 5.74) is -0.866. The van der Waals surface area contributed by atoms with Gasteiger partial charge in [-0.2, -0.15) is 0 Å². The summed E-state index contributed by atoms with van der Waals surface area (Å²) in [6.07, 6.45) is 0.783. The fourth-order valence-electron chi connectivity index (χ4n) is 4.55. The highest BCUT2D eigenvalue weighted by molar-refractivity contribution is 8.76. The molecule has 0 aliphatic rings. The van der Waals surface area contributed by atoms with Crippen molar-refractivity contribution < 1.29 is 38.1 Å². The van der Waals surface area contributed by atoms with Gasteiger partial charge in [-0.05, 0) is 112 Å². The Labute approximate surface area is 293 Å². The standard InChI is InChI=1S/C36H52N2O8S2/c1-21(2)19-25(33(41)45-35(5,6)7)37-31(39)23-15-13-17-27(43-11)29(23)47-48-30-24(16-14-18-28(30)44-12)32(40)38-26(20-22(3)4)34(42)46-36(8,9)10/h13-18,21-22,25-26H,19-20H2,1-12H3,(H,37,39)(H,38,40)/t25-,26+. The molecule has 266 valence electrons. The highest BCUT2D eigenvalue weighted by Crippen LogP contribution is 2.47. The van der Waals surface area contributed by atoms with Crippen molar-refractivity contribution in [3.8, 4) is 11.5 Å². The molecule has 0 heterocycles. The van der Waals surface area contributed by atoms with Crippen molar-refractivity contribution in [1.82, 2.24) is 10.6 Å². The van der Waals surface area contributed by atoms with E-state index < -0.39 is 47.0 Å². The first kappa shape index (κ1) is 40.8. The third-order valence-electron chi connectivity index (χ3n) is 6.50. The van der Waals surface area contributed by atoms with Crippen molar-refractivity contribution >= 4 is 45.3 Å². The van der Waals surface area contributed by atoms with Crippen LogP contribution in [0.25, 0.3) is 0 Å². The van der Waals surface area contributed by atoms with Crippen LogP contribution in [-0.2, 0) is 19.1 Å². The number of benzene rings is 2. The molecule has 0 aromatic heterocycles. The van der Waals surface area contributed by atoms with Crippen molar-refractivity contribution in [2.24, 2.45) is 11.8 Å². The molecule has 2 N–H and O–H groups in total. The molecule has 0 spiro atoms. The molecule has 0 unspecified atom stereocenters. The van der Waals surface area contributed by atoms with E-state index >= 15 is 0 Å². The summed E-state index contributed by atoms with van der Waals surface area (Å²) in [5.74, 6) is -0.876. The summed E-state index contributed by atoms with van der Waals surface area (Å²) in [6, 6.07) is 8.43. The summed E-state index contributed by atoms with van der Waals surface area (Å²) in [6.45, 7) is 18.5. The Morgan fingerprint density at radius 3 is 1.23 bits per heavy atom. The summed E-state index contributed by atoms with van der Waals surface area (Å²) in [7, 11) is 5.42. The quantitative estimate of drug-likeness (QED) is 0.142. The summed E-state index contributed by atoms with van der Waals surface area (Å²) < 4.78 is 22.5. The van der Waals surface area contributed by atoms with Crippen LogP contribution in [0.2, 0.25) is 0 Å². The largest absolute Gasteiger partial charge is 0.496 e. The zero-order valence-corrected chi connectivity index (χ0v) is 31.9. The number of hydrogen-bond donors (Lipinski definition) is 2. The minimum absolute atomic E-state index is 0.114. The lowest BCUT2D eigenvalue weighted by molar-refractivity contribution is -0.158. The van der Waals surface area contributed by atoms with Crippen molar-refractivity contribution in [2.45, 2.75) is 115 Å². The molecule has 12 heteroatoms. The van der Waals surface area contributed by atoms with Crippen LogP contribution in [0.15, 0.2) is 46.2 Å². The molecule has 2 rings (SSSR count). The number of ether oxygens (including phenoxy) is 4. The number of carbonyl (C=O) groups excluding carboxylic acids is 4. The van der Waals surface area contributed by atoms with Gasteiger partial charge in [-0.1, -0.05) is 39.8 Å². The first-order chi connectivity index (χ1) is 22.3. The fraction of sp³-hybridized carbons (Fsp3) is 0.556. The average molecular weight is 705 g/mol. The number of amides is 2. The molecule has 2 aromatic rings. The number of carbonyl (C=O) groups is 4. The summed E-state index contributed by atoms with van der Waals surface area (Å²) in [4.78, 5) is 54.6. The molecular weight excluding hydrogens is 653 g/mol. The van der Waals surface area contributed by atoms with E-state index in [-0.39, 0.29) is 23.0 Å². The molecule has 0 aliphatic carbocycles. The van der Waals surface area contributed by atoms with Crippen LogP contribution in [0.1, 0.15) is 103 Å². The average Bonchev–Trinajstić information content (AvgIpc) is 2.96. The van der Waals surface area contributed by atoms with Crippen LogP contribution in [0, 0.1) is 11.8 Å². The van der Waals surface area contributed by atoms with Gasteiger partial charge in [0.05, 0.1) is 35.1 Å². The van der Waals surface area contributed by atoms with Crippen molar-refractivity contribution in [2.75, 3.05) is 14.2 Å². The predicted octanol–water partition coefficient (Wildman–Crippen LogP) is 7.48. The van der Waals surface area contributed by atoms with E-state index in [0.717, 1.165) is 0 Å². The number of rotatable bonds is 15. The lowest BCUT2D eigenvalue weighted by Crippen LogP contribution is -2.45. The SMILES string of the molecule is COc1cccc(C(=O)N[C@@H](CC(C)C)C(=O)OC(C)(C)C)c1SSc1c(OC)cccc1C(=O)N[C@H](CC(C)C)C(=O)OC(C)(C)C. The van der Waals surface area contributed by atoms with Crippen molar-refractivity contribution in [3.63, 3.8) is 0 Å². The minimum atomic E-state index is -0.860. The highest BCUT2D eigenvalue weighted by Gasteiger charge is 2.31. The zero-order chi connectivity index (χ0) is 36.4. The molecule has 0 fully saturated rings. The maximum absolute atomic E-state index is 13.7. The van der Waals surface area contributed by atoms with E-state index in [1.54, 1.807) is 77.9 Å². The van der Waals surface area contributed by atoms with E-state index in [0.29, 0.717) is 34.1 Å². The molecule has 2 amide bonds. The summed E-state index contributed by atoms with van der Waals surface area (Å²) in [5, 5.41) is 5.74. The van der Waals surface area contributed by atoms with Crippen LogP contribution in [-0.4, -0.2) is 61.3 Å². The maximum atomic E-state index is 13.7. The molecule has 0 saturated heterocycles. The molecule has 0 bridgehead atoms. The third kappa shape index (κ3) is 12.9. The first-order valence-corrected chi connectivity index (χ1v) is 18.2. The minimum Gasteiger partial charge on any atom is -0.496 e. The second kappa shape index (κ2) is 17.9. The molecule has 0 radical (unpaired) electrons. The number of esters is 2. The molecule has 0 saturated carbocycles. The topological polar surface area (TPSA) is 129 Å². The Hall–Kier alpha value is -3.38. The lowest BCUT2D eigenvalue weighted by atomic mass is 10.0.